The van der Waals surface area contributed by atoms with Crippen LogP contribution in [0.4, 0.5) is 45.8 Å². The first-order valence-electron chi connectivity index (χ1n) is 26.5. The highest BCUT2D eigenvalue weighted by molar-refractivity contribution is 6.13. The molecule has 0 spiro atoms. The fraction of sp³-hybridized carbons (Fsp3) is 0.259. The molecule has 1 aliphatic heterocycles. The molecule has 8 aromatic rings. The molecular weight excluding hydrogens is 1130 g/mol. The van der Waals surface area contributed by atoms with E-state index in [1.165, 1.54) is 132 Å². The van der Waals surface area contributed by atoms with Crippen molar-refractivity contribution in [2.45, 2.75) is 25.3 Å². The van der Waals surface area contributed by atoms with Gasteiger partial charge in [-0.25, -0.2) is 9.97 Å². The van der Waals surface area contributed by atoms with Crippen LogP contribution in [0.15, 0.2) is 73.8 Å². The minimum Gasteiger partial charge on any atom is -0.504 e. The number of aromatic hydroxyl groups is 2. The fourth-order valence-electron chi connectivity index (χ4n) is 9.51. The van der Waals surface area contributed by atoms with Crippen molar-refractivity contribution < 1.29 is 58.2 Å². The first-order valence-corrected chi connectivity index (χ1v) is 26.5. The maximum Gasteiger partial charge on any atom is 0.291 e. The molecule has 454 valence electrons. The number of hydrogen-bond donors (Lipinski definition) is 13. The molecule has 1 unspecified atom stereocenters. The summed E-state index contributed by atoms with van der Waals surface area (Å²) in [4.78, 5) is 142. The molecule has 87 heavy (non-hydrogen) atoms. The summed E-state index contributed by atoms with van der Waals surface area (Å²) in [6.45, 7) is 0.0188. The normalized spacial score (nSPS) is 15.9. The number of rotatable bonds is 0. The van der Waals surface area contributed by atoms with Gasteiger partial charge in [-0.1, -0.05) is 0 Å². The first kappa shape index (κ1) is 60.0. The van der Waals surface area contributed by atoms with E-state index in [0.29, 0.717) is 0 Å². The number of anilines is 8. The Kier molecular flexibility index (Phi) is 16.7. The van der Waals surface area contributed by atoms with Gasteiger partial charge in [0.25, 0.3) is 47.3 Å². The Morgan fingerprint density at radius 3 is 1.24 bits per heavy atom. The van der Waals surface area contributed by atoms with Crippen molar-refractivity contribution in [3.63, 3.8) is 0 Å². The third-order valence-electron chi connectivity index (χ3n) is 13.8. The highest BCUT2D eigenvalue weighted by Gasteiger charge is 2.29. The molecule has 0 saturated heterocycles. The topological polar surface area (TPSA) is 423 Å². The van der Waals surface area contributed by atoms with Crippen LogP contribution >= 0.6 is 0 Å². The standard InChI is InChI=1S/C54H61N21O12/c1-68-18-26-14-34(68)48(81)57-13-11-30(55)46(79)67-38-25-75(8)45(66-38)54(87)63-32-23-73(6)41(43(32)78)52(85)62-31-22-72(5)40(42(31)77)51(84)60-28-15-33(69(2)20-28)47(80)56-12-9-10-39(76)64-37-24-74(7)44(65-37)53(86)61-29-17-36(71(4)21-29)50(83)59-27-16-35(49(82)58-26)70(3)19-27/h14-25,30,77-78H,9-13,55H2,1-8H3,(H,56,80)(H,57,81)(H,58,82)(H,59,83)(H,60,84)(H,61,86)(H,62,85)(H,63,87)(H,64,76)(H,67,79). The van der Waals surface area contributed by atoms with Crippen LogP contribution in [0.3, 0.4) is 0 Å². The lowest BCUT2D eigenvalue weighted by molar-refractivity contribution is -0.117. The van der Waals surface area contributed by atoms with Crippen molar-refractivity contribution in [3.8, 4) is 11.5 Å². The van der Waals surface area contributed by atoms with Gasteiger partial charge in [0.1, 0.15) is 34.2 Å². The van der Waals surface area contributed by atoms with Gasteiger partial charge in [-0.2, -0.15) is 0 Å². The van der Waals surface area contributed by atoms with Crippen LogP contribution in [-0.2, 0) is 66.0 Å². The van der Waals surface area contributed by atoms with Crippen molar-refractivity contribution >= 4 is 105 Å². The van der Waals surface area contributed by atoms with Crippen molar-refractivity contribution in [1.29, 1.82) is 0 Å². The zero-order valence-corrected chi connectivity index (χ0v) is 48.1. The van der Waals surface area contributed by atoms with Crippen molar-refractivity contribution in [2.75, 3.05) is 55.6 Å². The van der Waals surface area contributed by atoms with Gasteiger partial charge in [-0.3, -0.25) is 47.9 Å². The second-order valence-electron chi connectivity index (χ2n) is 20.5. The average Bonchev–Trinajstić information content (AvgIpc) is 2.01. The predicted molar refractivity (Wildman–Crippen MR) is 314 cm³/mol. The highest BCUT2D eigenvalue weighted by atomic mass is 16.3. The summed E-state index contributed by atoms with van der Waals surface area (Å²) in [5.74, 6) is -8.22. The van der Waals surface area contributed by atoms with Crippen LogP contribution in [0.2, 0.25) is 0 Å². The van der Waals surface area contributed by atoms with E-state index in [1.807, 2.05) is 0 Å². The van der Waals surface area contributed by atoms with E-state index < -0.39 is 76.6 Å². The molecule has 10 amide bonds. The number of aryl methyl sites for hydroxylation is 8. The van der Waals surface area contributed by atoms with E-state index in [1.54, 1.807) is 35.2 Å². The molecule has 9 heterocycles. The second kappa shape index (κ2) is 24.3. The van der Waals surface area contributed by atoms with Crippen LogP contribution in [0.25, 0.3) is 0 Å². The van der Waals surface area contributed by atoms with Crippen LogP contribution in [0, 0.1) is 0 Å². The van der Waals surface area contributed by atoms with Gasteiger partial charge in [0.15, 0.2) is 34.5 Å². The summed E-state index contributed by atoms with van der Waals surface area (Å²) in [5, 5.41) is 48.7. The summed E-state index contributed by atoms with van der Waals surface area (Å²) in [5.41, 5.74) is 6.64. The van der Waals surface area contributed by atoms with E-state index in [0.717, 1.165) is 0 Å². The molecule has 0 fully saturated rings. The molecule has 0 aliphatic carbocycles. The van der Waals surface area contributed by atoms with Crippen LogP contribution < -0.4 is 58.9 Å². The average molecular weight is 1200 g/mol. The Labute approximate surface area is 492 Å². The van der Waals surface area contributed by atoms with Gasteiger partial charge in [0.05, 0.1) is 28.8 Å². The van der Waals surface area contributed by atoms with Gasteiger partial charge < -0.3 is 106 Å². The van der Waals surface area contributed by atoms with Gasteiger partial charge in [-0.15, -0.1) is 0 Å². The van der Waals surface area contributed by atoms with Crippen molar-refractivity contribution in [3.05, 3.63) is 120 Å². The number of nitrogens with zero attached hydrogens (tertiary/aromatic N) is 10. The SMILES string of the molecule is Cn1cc2cc1C(=O)NCCCC(=O)Nc1cn(C)c(n1)C(=O)Nc1cc(n(C)c1)C(=O)Nc1cc(n(C)c1)C(=O)Nc1cc(n(C)c1)C(=O)NCCC(N)C(=O)Nc1cn(C)c(n1)C(=O)Nc1cn(C)c(c1O)C(=O)Nc1cn(C)c(c1O)C(=O)N2. The Balaban J connectivity index is 0.895. The summed E-state index contributed by atoms with van der Waals surface area (Å²) < 4.78 is 11.0. The molecule has 1 aliphatic rings. The molecule has 9 rings (SSSR count). The first-order chi connectivity index (χ1) is 41.2. The molecule has 14 N–H and O–H groups in total. The van der Waals surface area contributed by atoms with Gasteiger partial charge >= 0.3 is 0 Å². The van der Waals surface area contributed by atoms with Crippen molar-refractivity contribution in [2.24, 2.45) is 62.1 Å². The van der Waals surface area contributed by atoms with E-state index in [-0.39, 0.29) is 124 Å². The van der Waals surface area contributed by atoms with Gasteiger partial charge in [0, 0.05) is 125 Å². The molecule has 0 aromatic carbocycles. The number of carbonyl (C=O) groups excluding carboxylic acids is 10. The molecule has 33 nitrogen and oxygen atoms in total. The fourth-order valence-corrected chi connectivity index (χ4v) is 9.51. The van der Waals surface area contributed by atoms with E-state index >= 15 is 0 Å². The third kappa shape index (κ3) is 13.0. The second-order valence-corrected chi connectivity index (χ2v) is 20.5. The molecular formula is C54H61N21O12. The zero-order chi connectivity index (χ0) is 62.9. The number of hydrogen-bond acceptors (Lipinski definition) is 15. The Morgan fingerprint density at radius 2 is 0.782 bits per heavy atom. The number of nitrogens with one attached hydrogen (secondary N) is 10. The summed E-state index contributed by atoms with van der Waals surface area (Å²) >= 11 is 0. The summed E-state index contributed by atoms with van der Waals surface area (Å²) in [7, 11) is 12.2. The maximum atomic E-state index is 13.6. The van der Waals surface area contributed by atoms with Crippen LogP contribution in [-0.4, -0.2) is 135 Å². The highest BCUT2D eigenvalue weighted by Crippen LogP contribution is 2.34. The summed E-state index contributed by atoms with van der Waals surface area (Å²) in [6.07, 6.45) is 11.4. The Bertz CT molecular complexity index is 4140. The monoisotopic (exact) mass is 1200 g/mol. The Morgan fingerprint density at radius 1 is 0.414 bits per heavy atom. The van der Waals surface area contributed by atoms with E-state index in [9.17, 15) is 58.2 Å². The number of aromatic nitrogens is 10. The number of nitrogens with two attached hydrogens (primary N) is 1. The van der Waals surface area contributed by atoms with Crippen molar-refractivity contribution in [1.82, 2.24) is 57.1 Å². The maximum absolute atomic E-state index is 13.6. The molecule has 16 bridgehead atoms. The van der Waals surface area contributed by atoms with E-state index in [2.05, 4.69) is 63.1 Å². The van der Waals surface area contributed by atoms with Crippen LogP contribution in [0.5, 0.6) is 11.5 Å². The predicted octanol–water partition coefficient (Wildman–Crippen LogP) is 1.66. The molecule has 33 heteroatoms. The zero-order valence-electron chi connectivity index (χ0n) is 48.1. The number of amides is 10. The molecule has 8 aromatic heterocycles. The lowest BCUT2D eigenvalue weighted by Crippen LogP contribution is -2.39. The number of fused-ring (bicyclic) bond motifs is 16. The van der Waals surface area contributed by atoms with Crippen LogP contribution in [0.1, 0.15) is 103 Å². The van der Waals surface area contributed by atoms with E-state index in [4.69, 9.17) is 5.73 Å². The minimum absolute atomic E-state index is 0.0315. The lowest BCUT2D eigenvalue weighted by atomic mass is 10.2. The molecule has 0 radical (unpaired) electrons. The van der Waals surface area contributed by atoms with Gasteiger partial charge in [-0.05, 0) is 37.1 Å². The minimum atomic E-state index is -1.16. The summed E-state index contributed by atoms with van der Waals surface area (Å²) in [6, 6.07) is 4.56. The Hall–Kier alpha value is -11.6. The number of carbonyl (C=O) groups is 10. The largest absolute Gasteiger partial charge is 0.504 e. The third-order valence-corrected chi connectivity index (χ3v) is 13.8. The smallest absolute Gasteiger partial charge is 0.291 e. The lowest BCUT2D eigenvalue weighted by Gasteiger charge is -2.12. The number of imidazole rings is 2. The quantitative estimate of drug-likeness (QED) is 0.103. The molecule has 1 atom stereocenters. The van der Waals surface area contributed by atoms with Gasteiger partial charge in [0.2, 0.25) is 23.5 Å². The molecule has 0 saturated carbocycles.